The highest BCUT2D eigenvalue weighted by atomic mass is 16.5. The average molecular weight is 272 g/mol. The lowest BCUT2D eigenvalue weighted by Crippen LogP contribution is -2.05. The van der Waals surface area contributed by atoms with E-state index in [0.29, 0.717) is 5.82 Å². The van der Waals surface area contributed by atoms with Gasteiger partial charge < -0.3 is 15.8 Å². The summed E-state index contributed by atoms with van der Waals surface area (Å²) in [7, 11) is 1.66. The predicted molar refractivity (Wildman–Crippen MR) is 81.5 cm³/mol. The van der Waals surface area contributed by atoms with E-state index in [4.69, 9.17) is 10.5 Å². The smallest absolute Gasteiger partial charge is 0.139 e. The van der Waals surface area contributed by atoms with Gasteiger partial charge in [-0.15, -0.1) is 0 Å². The third kappa shape index (κ3) is 2.99. The van der Waals surface area contributed by atoms with Crippen LogP contribution in [0.3, 0.4) is 0 Å². The highest BCUT2D eigenvalue weighted by molar-refractivity contribution is 5.66. The summed E-state index contributed by atoms with van der Waals surface area (Å²) in [5, 5.41) is 3.33. The molecule has 1 heterocycles. The van der Waals surface area contributed by atoms with Crippen LogP contribution >= 0.6 is 0 Å². The number of nitrogen functional groups attached to an aromatic ring is 1. The SMILES string of the molecule is CCCc1c(N)ncnc1Nc1ccc(OC)cc1C. The first-order valence-corrected chi connectivity index (χ1v) is 6.66. The Morgan fingerprint density at radius 2 is 2.10 bits per heavy atom. The van der Waals surface area contributed by atoms with Crippen molar-refractivity contribution in [3.05, 3.63) is 35.7 Å². The molecule has 0 saturated carbocycles. The van der Waals surface area contributed by atoms with Gasteiger partial charge in [-0.2, -0.15) is 0 Å². The molecular formula is C15H20N4O. The van der Waals surface area contributed by atoms with E-state index in [1.165, 1.54) is 6.33 Å². The zero-order valence-electron chi connectivity index (χ0n) is 12.1. The summed E-state index contributed by atoms with van der Waals surface area (Å²) in [5.74, 6) is 2.15. The van der Waals surface area contributed by atoms with E-state index in [0.717, 1.165) is 41.2 Å². The molecule has 0 atom stereocenters. The van der Waals surface area contributed by atoms with Gasteiger partial charge in [0.1, 0.15) is 23.7 Å². The van der Waals surface area contributed by atoms with Crippen LogP contribution in [0.25, 0.3) is 0 Å². The maximum atomic E-state index is 5.93. The summed E-state index contributed by atoms with van der Waals surface area (Å²) in [4.78, 5) is 8.36. The molecule has 1 aromatic heterocycles. The quantitative estimate of drug-likeness (QED) is 0.875. The van der Waals surface area contributed by atoms with Crippen LogP contribution < -0.4 is 15.8 Å². The van der Waals surface area contributed by atoms with Crippen molar-refractivity contribution in [2.45, 2.75) is 26.7 Å². The molecule has 5 heteroatoms. The van der Waals surface area contributed by atoms with Crippen LogP contribution in [-0.4, -0.2) is 17.1 Å². The largest absolute Gasteiger partial charge is 0.497 e. The summed E-state index contributed by atoms with van der Waals surface area (Å²) in [6.07, 6.45) is 3.33. The molecule has 3 N–H and O–H groups in total. The van der Waals surface area contributed by atoms with Crippen LogP contribution in [-0.2, 0) is 6.42 Å². The number of nitrogens with zero attached hydrogens (tertiary/aromatic N) is 2. The Morgan fingerprint density at radius 1 is 1.30 bits per heavy atom. The van der Waals surface area contributed by atoms with Crippen LogP contribution in [0.5, 0.6) is 5.75 Å². The minimum absolute atomic E-state index is 0.538. The monoisotopic (exact) mass is 272 g/mol. The molecular weight excluding hydrogens is 252 g/mol. The Labute approximate surface area is 119 Å². The third-order valence-electron chi connectivity index (χ3n) is 3.17. The van der Waals surface area contributed by atoms with Gasteiger partial charge in [-0.05, 0) is 37.1 Å². The van der Waals surface area contributed by atoms with Gasteiger partial charge in [-0.25, -0.2) is 9.97 Å². The van der Waals surface area contributed by atoms with Crippen molar-refractivity contribution < 1.29 is 4.74 Å². The second kappa shape index (κ2) is 6.23. The van der Waals surface area contributed by atoms with Crippen LogP contribution in [0.15, 0.2) is 24.5 Å². The van der Waals surface area contributed by atoms with Crippen molar-refractivity contribution in [3.63, 3.8) is 0 Å². The van der Waals surface area contributed by atoms with Crippen LogP contribution in [0.4, 0.5) is 17.3 Å². The summed E-state index contributed by atoms with van der Waals surface area (Å²) in [6.45, 7) is 4.13. The predicted octanol–water partition coefficient (Wildman–Crippen LogP) is 3.07. The first-order chi connectivity index (χ1) is 9.65. The van der Waals surface area contributed by atoms with E-state index in [1.54, 1.807) is 7.11 Å². The molecule has 0 saturated heterocycles. The zero-order valence-corrected chi connectivity index (χ0v) is 12.1. The van der Waals surface area contributed by atoms with Crippen LogP contribution in [0, 0.1) is 6.92 Å². The Balaban J connectivity index is 2.32. The van der Waals surface area contributed by atoms with E-state index >= 15 is 0 Å². The molecule has 20 heavy (non-hydrogen) atoms. The summed E-state index contributed by atoms with van der Waals surface area (Å²) in [5.41, 5.74) is 8.97. The van der Waals surface area contributed by atoms with Gasteiger partial charge in [0.2, 0.25) is 0 Å². The molecule has 0 bridgehead atoms. The van der Waals surface area contributed by atoms with Crippen LogP contribution in [0.1, 0.15) is 24.5 Å². The van der Waals surface area contributed by atoms with E-state index in [9.17, 15) is 0 Å². The number of aryl methyl sites for hydroxylation is 1. The number of nitrogens with one attached hydrogen (secondary N) is 1. The van der Waals surface area contributed by atoms with E-state index in [1.807, 2.05) is 25.1 Å². The molecule has 2 rings (SSSR count). The number of ether oxygens (including phenoxy) is 1. The van der Waals surface area contributed by atoms with Gasteiger partial charge in [0.15, 0.2) is 0 Å². The van der Waals surface area contributed by atoms with E-state index in [2.05, 4.69) is 22.2 Å². The topological polar surface area (TPSA) is 73.1 Å². The standard InChI is InChI=1S/C15H20N4O/c1-4-5-12-14(16)17-9-18-15(12)19-13-7-6-11(20-3)8-10(13)2/h6-9H,4-5H2,1-3H3,(H3,16,17,18,19). The second-order valence-electron chi connectivity index (χ2n) is 4.64. The Morgan fingerprint density at radius 3 is 2.75 bits per heavy atom. The highest BCUT2D eigenvalue weighted by Gasteiger charge is 2.10. The molecule has 0 aliphatic heterocycles. The molecule has 0 radical (unpaired) electrons. The Hall–Kier alpha value is -2.30. The average Bonchev–Trinajstić information content (AvgIpc) is 2.44. The summed E-state index contributed by atoms with van der Waals surface area (Å²) < 4.78 is 5.21. The number of methoxy groups -OCH3 is 1. The minimum atomic E-state index is 0.538. The number of nitrogens with two attached hydrogens (primary N) is 1. The highest BCUT2D eigenvalue weighted by Crippen LogP contribution is 2.27. The number of rotatable bonds is 5. The first kappa shape index (κ1) is 14.1. The van der Waals surface area contributed by atoms with Crippen molar-refractivity contribution in [2.75, 3.05) is 18.2 Å². The fraction of sp³-hybridized carbons (Fsp3) is 0.333. The molecule has 0 unspecified atom stereocenters. The molecule has 2 aromatic rings. The van der Waals surface area contributed by atoms with Gasteiger partial charge in [-0.1, -0.05) is 13.3 Å². The van der Waals surface area contributed by atoms with Gasteiger partial charge in [-0.3, -0.25) is 0 Å². The first-order valence-electron chi connectivity index (χ1n) is 6.66. The van der Waals surface area contributed by atoms with Crippen LogP contribution in [0.2, 0.25) is 0 Å². The lowest BCUT2D eigenvalue weighted by atomic mass is 10.1. The van der Waals surface area contributed by atoms with Crippen molar-refractivity contribution >= 4 is 17.3 Å². The maximum Gasteiger partial charge on any atom is 0.139 e. The Bertz CT molecular complexity index is 598. The van der Waals surface area contributed by atoms with Crippen molar-refractivity contribution in [1.82, 2.24) is 9.97 Å². The zero-order chi connectivity index (χ0) is 14.5. The molecule has 0 amide bonds. The molecule has 106 valence electrons. The fourth-order valence-corrected chi connectivity index (χ4v) is 2.06. The number of hydrogen-bond donors (Lipinski definition) is 2. The molecule has 0 fully saturated rings. The number of benzene rings is 1. The van der Waals surface area contributed by atoms with Crippen molar-refractivity contribution in [3.8, 4) is 5.75 Å². The minimum Gasteiger partial charge on any atom is -0.497 e. The normalized spacial score (nSPS) is 10.3. The van der Waals surface area contributed by atoms with Gasteiger partial charge in [0, 0.05) is 11.3 Å². The molecule has 5 nitrogen and oxygen atoms in total. The van der Waals surface area contributed by atoms with Gasteiger partial charge >= 0.3 is 0 Å². The van der Waals surface area contributed by atoms with E-state index < -0.39 is 0 Å². The molecule has 1 aromatic carbocycles. The molecule has 0 aliphatic rings. The third-order valence-corrected chi connectivity index (χ3v) is 3.17. The number of anilines is 3. The number of aromatic nitrogens is 2. The number of hydrogen-bond acceptors (Lipinski definition) is 5. The lowest BCUT2D eigenvalue weighted by Gasteiger charge is -2.14. The van der Waals surface area contributed by atoms with Crippen molar-refractivity contribution in [1.29, 1.82) is 0 Å². The van der Waals surface area contributed by atoms with Gasteiger partial charge in [0.05, 0.1) is 7.11 Å². The fourth-order valence-electron chi connectivity index (χ4n) is 2.06. The summed E-state index contributed by atoms with van der Waals surface area (Å²) >= 11 is 0. The molecule has 0 spiro atoms. The second-order valence-corrected chi connectivity index (χ2v) is 4.64. The summed E-state index contributed by atoms with van der Waals surface area (Å²) in [6, 6.07) is 5.87. The van der Waals surface area contributed by atoms with E-state index in [-0.39, 0.29) is 0 Å². The lowest BCUT2D eigenvalue weighted by molar-refractivity contribution is 0.414. The van der Waals surface area contributed by atoms with Gasteiger partial charge in [0.25, 0.3) is 0 Å². The van der Waals surface area contributed by atoms with Crippen molar-refractivity contribution in [2.24, 2.45) is 0 Å². The Kier molecular flexibility index (Phi) is 4.40. The molecule has 0 aliphatic carbocycles. The maximum absolute atomic E-state index is 5.93.